The minimum Gasteiger partial charge on any atom is -0.478 e. The summed E-state index contributed by atoms with van der Waals surface area (Å²) in [7, 11) is -2.34. The zero-order valence-electron chi connectivity index (χ0n) is 9.73. The summed E-state index contributed by atoms with van der Waals surface area (Å²) in [6, 6.07) is 2.22. The molecule has 100 valence electrons. The highest BCUT2D eigenvalue weighted by Crippen LogP contribution is 2.29. The number of sulfone groups is 1. The van der Waals surface area contributed by atoms with Crippen LogP contribution >= 0.6 is 11.6 Å². The number of hydrogen-bond donors (Lipinski definition) is 2. The van der Waals surface area contributed by atoms with E-state index in [1.54, 1.807) is 0 Å². The van der Waals surface area contributed by atoms with Crippen LogP contribution in [-0.4, -0.2) is 32.4 Å². The Morgan fingerprint density at radius 1 is 1.50 bits per heavy atom. The summed E-state index contributed by atoms with van der Waals surface area (Å²) in [6.45, 7) is 1.43. The number of rotatable bonds is 5. The van der Waals surface area contributed by atoms with E-state index >= 15 is 0 Å². The summed E-state index contributed by atoms with van der Waals surface area (Å²) in [5.41, 5.74) is 2.22. The lowest BCUT2D eigenvalue weighted by Crippen LogP contribution is -2.12. The average molecular weight is 294 g/mol. The van der Waals surface area contributed by atoms with Crippen molar-refractivity contribution in [3.8, 4) is 0 Å². The van der Waals surface area contributed by atoms with E-state index in [-0.39, 0.29) is 26.9 Å². The molecule has 0 bridgehead atoms. The number of halogens is 1. The maximum Gasteiger partial charge on any atom is 0.337 e. The highest BCUT2D eigenvalue weighted by Gasteiger charge is 2.23. The molecule has 1 aromatic carbocycles. The maximum atomic E-state index is 11.8. The third kappa shape index (κ3) is 2.92. The number of aromatic carboxylic acids is 1. The van der Waals surface area contributed by atoms with Gasteiger partial charge in [-0.2, -0.15) is 0 Å². The van der Waals surface area contributed by atoms with Crippen LogP contribution in [0.4, 0.5) is 5.69 Å². The number of nitrogens with one attached hydrogen (secondary N) is 1. The molecule has 0 amide bonds. The molecule has 0 atom stereocenters. The molecule has 0 fully saturated rings. The molecule has 18 heavy (non-hydrogen) atoms. The Morgan fingerprint density at radius 2 is 2.11 bits per heavy atom. The quantitative estimate of drug-likeness (QED) is 0.804. The highest BCUT2D eigenvalue weighted by molar-refractivity contribution is 7.91. The van der Waals surface area contributed by atoms with Gasteiger partial charge >= 0.3 is 5.97 Å². The number of carboxylic acid groups (broad SMARTS) is 1. The average Bonchev–Trinajstić information content (AvgIpc) is 2.31. The number of carbonyl (C=O) groups is 1. The Balaban J connectivity index is 3.55. The summed E-state index contributed by atoms with van der Waals surface area (Å²) in [6.07, 6.45) is 0. The van der Waals surface area contributed by atoms with Crippen LogP contribution in [0.1, 0.15) is 17.3 Å². The summed E-state index contributed by atoms with van der Waals surface area (Å²) >= 11 is 5.82. The lowest BCUT2D eigenvalue weighted by atomic mass is 10.2. The first-order valence-electron chi connectivity index (χ1n) is 4.92. The number of anilines is 1. The standard InChI is InChI=1S/C10H12ClNO5S/c1-3-18(15,16)9-5-8(12-17-2)7(11)4-6(9)10(13)14/h4-5,12H,3H2,1-2H3,(H,13,14). The zero-order chi connectivity index (χ0) is 13.9. The van der Waals surface area contributed by atoms with Crippen molar-refractivity contribution in [2.75, 3.05) is 18.3 Å². The second-order valence-electron chi connectivity index (χ2n) is 3.34. The molecule has 1 aromatic rings. The largest absolute Gasteiger partial charge is 0.478 e. The molecule has 0 aliphatic heterocycles. The molecule has 0 aromatic heterocycles. The molecule has 0 unspecified atom stereocenters. The maximum absolute atomic E-state index is 11.8. The number of hydrogen-bond acceptors (Lipinski definition) is 5. The second kappa shape index (κ2) is 5.55. The summed E-state index contributed by atoms with van der Waals surface area (Å²) in [5.74, 6) is -1.56. The molecule has 0 saturated heterocycles. The molecule has 0 heterocycles. The molecular weight excluding hydrogens is 282 g/mol. The van der Waals surface area contributed by atoms with Gasteiger partial charge in [-0.05, 0) is 12.1 Å². The molecule has 0 saturated carbocycles. The fourth-order valence-corrected chi connectivity index (χ4v) is 2.61. The normalized spacial score (nSPS) is 11.3. The van der Waals surface area contributed by atoms with E-state index in [9.17, 15) is 13.2 Å². The van der Waals surface area contributed by atoms with Crippen LogP contribution in [0, 0.1) is 0 Å². The van der Waals surface area contributed by atoms with Crippen LogP contribution in [0.25, 0.3) is 0 Å². The molecular formula is C10H12ClNO5S. The van der Waals surface area contributed by atoms with Crippen molar-refractivity contribution in [1.29, 1.82) is 0 Å². The molecule has 0 radical (unpaired) electrons. The van der Waals surface area contributed by atoms with Gasteiger partial charge in [0.25, 0.3) is 0 Å². The highest BCUT2D eigenvalue weighted by atomic mass is 35.5. The first-order chi connectivity index (χ1) is 8.33. The van der Waals surface area contributed by atoms with Crippen molar-refractivity contribution in [2.24, 2.45) is 0 Å². The van der Waals surface area contributed by atoms with Crippen LogP contribution in [0.15, 0.2) is 17.0 Å². The zero-order valence-corrected chi connectivity index (χ0v) is 11.3. The Hall–Kier alpha value is -1.31. The van der Waals surface area contributed by atoms with Crippen molar-refractivity contribution < 1.29 is 23.2 Å². The first-order valence-corrected chi connectivity index (χ1v) is 6.95. The van der Waals surface area contributed by atoms with Crippen LogP contribution in [0.3, 0.4) is 0 Å². The van der Waals surface area contributed by atoms with E-state index < -0.39 is 15.8 Å². The Labute approximate surface area is 109 Å². The summed E-state index contributed by atoms with van der Waals surface area (Å²) in [5, 5.41) is 9.05. The van der Waals surface area contributed by atoms with E-state index in [2.05, 4.69) is 10.3 Å². The van der Waals surface area contributed by atoms with Gasteiger partial charge in [0, 0.05) is 0 Å². The number of benzene rings is 1. The molecule has 1 rings (SSSR count). The predicted octanol–water partition coefficient (Wildman–Crippen LogP) is 1.81. The van der Waals surface area contributed by atoms with Gasteiger partial charge in [0.2, 0.25) is 0 Å². The van der Waals surface area contributed by atoms with E-state index in [1.165, 1.54) is 14.0 Å². The van der Waals surface area contributed by atoms with Gasteiger partial charge in [0.05, 0.1) is 34.0 Å². The van der Waals surface area contributed by atoms with E-state index in [4.69, 9.17) is 16.7 Å². The second-order valence-corrected chi connectivity index (χ2v) is 6.00. The van der Waals surface area contributed by atoms with Crippen LogP contribution in [-0.2, 0) is 14.7 Å². The molecule has 8 heteroatoms. The van der Waals surface area contributed by atoms with E-state index in [0.717, 1.165) is 12.1 Å². The van der Waals surface area contributed by atoms with Gasteiger partial charge in [-0.25, -0.2) is 13.2 Å². The minimum atomic E-state index is -3.67. The monoisotopic (exact) mass is 293 g/mol. The minimum absolute atomic E-state index is 0.0595. The van der Waals surface area contributed by atoms with Crippen molar-refractivity contribution in [1.82, 2.24) is 0 Å². The third-order valence-electron chi connectivity index (χ3n) is 2.23. The predicted molar refractivity (Wildman–Crippen MR) is 66.8 cm³/mol. The van der Waals surface area contributed by atoms with Crippen molar-refractivity contribution in [3.05, 3.63) is 22.7 Å². The SMILES string of the molecule is CCS(=O)(=O)c1cc(NOC)c(Cl)cc1C(=O)O. The molecule has 6 nitrogen and oxygen atoms in total. The van der Waals surface area contributed by atoms with Gasteiger partial charge in [-0.1, -0.05) is 18.5 Å². The van der Waals surface area contributed by atoms with Gasteiger partial charge in [0.1, 0.15) is 0 Å². The van der Waals surface area contributed by atoms with Gasteiger partial charge in [-0.15, -0.1) is 0 Å². The van der Waals surface area contributed by atoms with Crippen LogP contribution in [0.2, 0.25) is 5.02 Å². The smallest absolute Gasteiger partial charge is 0.337 e. The van der Waals surface area contributed by atoms with E-state index in [0.29, 0.717) is 0 Å². The fourth-order valence-electron chi connectivity index (χ4n) is 1.32. The van der Waals surface area contributed by atoms with Crippen molar-refractivity contribution >= 4 is 33.1 Å². The fraction of sp³-hybridized carbons (Fsp3) is 0.300. The lowest BCUT2D eigenvalue weighted by molar-refractivity contribution is 0.0692. The van der Waals surface area contributed by atoms with Crippen molar-refractivity contribution in [3.63, 3.8) is 0 Å². The van der Waals surface area contributed by atoms with Crippen molar-refractivity contribution in [2.45, 2.75) is 11.8 Å². The third-order valence-corrected chi connectivity index (χ3v) is 4.31. The Bertz CT molecular complexity index is 570. The summed E-state index contributed by atoms with van der Waals surface area (Å²) in [4.78, 5) is 15.4. The molecule has 2 N–H and O–H groups in total. The molecule has 0 spiro atoms. The molecule has 0 aliphatic carbocycles. The van der Waals surface area contributed by atoms with Crippen LogP contribution < -0.4 is 5.48 Å². The van der Waals surface area contributed by atoms with Gasteiger partial charge in [-0.3, -0.25) is 10.3 Å². The molecule has 0 aliphatic rings. The Morgan fingerprint density at radius 3 is 2.56 bits per heavy atom. The van der Waals surface area contributed by atoms with E-state index in [1.807, 2.05) is 0 Å². The van der Waals surface area contributed by atoms with Gasteiger partial charge in [0.15, 0.2) is 9.84 Å². The topological polar surface area (TPSA) is 92.7 Å². The first kappa shape index (κ1) is 14.7. The van der Waals surface area contributed by atoms with Gasteiger partial charge < -0.3 is 5.11 Å². The Kier molecular flexibility index (Phi) is 4.55. The number of carboxylic acids is 1. The lowest BCUT2D eigenvalue weighted by Gasteiger charge is -2.11. The summed E-state index contributed by atoms with van der Waals surface area (Å²) < 4.78 is 23.6. The van der Waals surface area contributed by atoms with Crippen LogP contribution in [0.5, 0.6) is 0 Å².